The molecular formula is C24H28N4O4. The van der Waals surface area contributed by atoms with Gasteiger partial charge in [-0.3, -0.25) is 4.79 Å². The molecule has 0 unspecified atom stereocenters. The number of phenols is 1. The first-order valence-corrected chi connectivity index (χ1v) is 11.1. The number of rotatable bonds is 10. The Morgan fingerprint density at radius 2 is 1.78 bits per heavy atom. The van der Waals surface area contributed by atoms with Crippen LogP contribution in [0.4, 0.5) is 0 Å². The SMILES string of the molecule is Cc1c(OCCCCOc2ccc(-c3nn[nH]n3)cc2)ccc(C(=O)C2CCCC2)c1O. The van der Waals surface area contributed by atoms with Crippen molar-refractivity contribution in [1.29, 1.82) is 0 Å². The highest BCUT2D eigenvalue weighted by atomic mass is 16.5. The van der Waals surface area contributed by atoms with E-state index in [9.17, 15) is 9.90 Å². The summed E-state index contributed by atoms with van der Waals surface area (Å²) in [4.78, 5) is 12.6. The quantitative estimate of drug-likeness (QED) is 0.356. The van der Waals surface area contributed by atoms with Gasteiger partial charge in [0.2, 0.25) is 5.82 Å². The number of benzene rings is 2. The zero-order chi connectivity index (χ0) is 22.3. The molecular weight excluding hydrogens is 408 g/mol. The Morgan fingerprint density at radius 3 is 2.47 bits per heavy atom. The number of aromatic hydroxyl groups is 1. The molecule has 0 bridgehead atoms. The second kappa shape index (κ2) is 10.3. The molecule has 4 rings (SSSR count). The molecule has 0 radical (unpaired) electrons. The van der Waals surface area contributed by atoms with Crippen molar-refractivity contribution in [3.05, 3.63) is 47.5 Å². The molecule has 0 atom stereocenters. The summed E-state index contributed by atoms with van der Waals surface area (Å²) < 4.78 is 11.6. The summed E-state index contributed by atoms with van der Waals surface area (Å²) in [5, 5.41) is 24.4. The number of ether oxygens (including phenoxy) is 2. The number of nitrogens with zero attached hydrogens (tertiary/aromatic N) is 3. The smallest absolute Gasteiger partial charge is 0.204 e. The van der Waals surface area contributed by atoms with E-state index < -0.39 is 0 Å². The van der Waals surface area contributed by atoms with Crippen molar-refractivity contribution in [3.8, 4) is 28.6 Å². The van der Waals surface area contributed by atoms with Crippen LogP contribution in [0.15, 0.2) is 36.4 Å². The lowest BCUT2D eigenvalue weighted by Crippen LogP contribution is -2.12. The number of carbonyl (C=O) groups is 1. The van der Waals surface area contributed by atoms with E-state index in [1.807, 2.05) is 24.3 Å². The molecule has 0 aliphatic heterocycles. The van der Waals surface area contributed by atoms with Crippen molar-refractivity contribution in [2.45, 2.75) is 45.4 Å². The van der Waals surface area contributed by atoms with E-state index in [2.05, 4.69) is 20.6 Å². The molecule has 1 aliphatic carbocycles. The van der Waals surface area contributed by atoms with E-state index in [1.165, 1.54) is 0 Å². The van der Waals surface area contributed by atoms with E-state index in [0.29, 0.717) is 35.9 Å². The highest BCUT2D eigenvalue weighted by molar-refractivity contribution is 6.01. The van der Waals surface area contributed by atoms with Crippen LogP contribution in [-0.4, -0.2) is 44.7 Å². The van der Waals surface area contributed by atoms with Gasteiger partial charge in [0.25, 0.3) is 0 Å². The number of Topliss-reactive ketones (excluding diaryl/α,β-unsaturated/α-hetero) is 1. The third kappa shape index (κ3) is 5.07. The Labute approximate surface area is 187 Å². The fraction of sp³-hybridized carbons (Fsp3) is 0.417. The fourth-order valence-corrected chi connectivity index (χ4v) is 4.01. The van der Waals surface area contributed by atoms with E-state index >= 15 is 0 Å². The Kier molecular flexibility index (Phi) is 6.99. The van der Waals surface area contributed by atoms with E-state index in [4.69, 9.17) is 9.47 Å². The molecule has 8 nitrogen and oxygen atoms in total. The van der Waals surface area contributed by atoms with Crippen LogP contribution >= 0.6 is 0 Å². The van der Waals surface area contributed by atoms with Gasteiger partial charge in [0.1, 0.15) is 17.2 Å². The van der Waals surface area contributed by atoms with Crippen molar-refractivity contribution in [1.82, 2.24) is 20.6 Å². The Morgan fingerprint density at radius 1 is 1.06 bits per heavy atom. The van der Waals surface area contributed by atoms with Crippen LogP contribution in [0.1, 0.15) is 54.4 Å². The summed E-state index contributed by atoms with van der Waals surface area (Å²) in [7, 11) is 0. The molecule has 2 aromatic carbocycles. The molecule has 168 valence electrons. The standard InChI is InChI=1S/C24H28N4O4/c1-16-21(13-12-20(22(16)29)23(30)17-6-2-3-7-17)32-15-5-4-14-31-19-10-8-18(9-11-19)24-25-27-28-26-24/h8-13,17,29H,2-7,14-15H2,1H3,(H,25,26,27,28). The molecule has 3 aromatic rings. The van der Waals surface area contributed by atoms with Crippen molar-refractivity contribution in [3.63, 3.8) is 0 Å². The third-order valence-corrected chi connectivity index (χ3v) is 5.90. The number of hydrogen-bond donors (Lipinski definition) is 2. The predicted octanol–water partition coefficient (Wildman–Crippen LogP) is 4.49. The Hall–Kier alpha value is -3.42. The van der Waals surface area contributed by atoms with E-state index in [0.717, 1.165) is 49.8 Å². The zero-order valence-corrected chi connectivity index (χ0v) is 18.2. The van der Waals surface area contributed by atoms with Gasteiger partial charge in [0, 0.05) is 17.0 Å². The predicted molar refractivity (Wildman–Crippen MR) is 119 cm³/mol. The van der Waals surface area contributed by atoms with Crippen LogP contribution in [0.5, 0.6) is 17.2 Å². The summed E-state index contributed by atoms with van der Waals surface area (Å²) in [5.74, 6) is 2.09. The third-order valence-electron chi connectivity index (χ3n) is 5.90. The first-order valence-electron chi connectivity index (χ1n) is 11.1. The monoisotopic (exact) mass is 436 g/mol. The summed E-state index contributed by atoms with van der Waals surface area (Å²) >= 11 is 0. The minimum atomic E-state index is 0.0438. The van der Waals surface area contributed by atoms with Gasteiger partial charge >= 0.3 is 0 Å². The van der Waals surface area contributed by atoms with Crippen LogP contribution in [0.2, 0.25) is 0 Å². The van der Waals surface area contributed by atoms with Crippen LogP contribution in [0.3, 0.4) is 0 Å². The molecule has 0 spiro atoms. The number of hydrogen-bond acceptors (Lipinski definition) is 7. The molecule has 1 aromatic heterocycles. The largest absolute Gasteiger partial charge is 0.507 e. The summed E-state index contributed by atoms with van der Waals surface area (Å²) in [5.41, 5.74) is 1.90. The molecule has 2 N–H and O–H groups in total. The molecule has 8 heteroatoms. The number of carbonyl (C=O) groups excluding carboxylic acids is 1. The second-order valence-electron chi connectivity index (χ2n) is 8.09. The number of ketones is 1. The van der Waals surface area contributed by atoms with Crippen LogP contribution in [0.25, 0.3) is 11.4 Å². The molecule has 32 heavy (non-hydrogen) atoms. The Balaban J connectivity index is 1.20. The van der Waals surface area contributed by atoms with Crippen molar-refractivity contribution in [2.24, 2.45) is 5.92 Å². The van der Waals surface area contributed by atoms with Gasteiger partial charge < -0.3 is 14.6 Å². The van der Waals surface area contributed by atoms with Gasteiger partial charge in [-0.25, -0.2) is 0 Å². The van der Waals surface area contributed by atoms with Crippen molar-refractivity contribution >= 4 is 5.78 Å². The summed E-state index contributed by atoms with van der Waals surface area (Å²) in [6, 6.07) is 11.0. The summed E-state index contributed by atoms with van der Waals surface area (Å²) in [6.07, 6.45) is 5.65. The molecule has 0 amide bonds. The maximum absolute atomic E-state index is 12.6. The fourth-order valence-electron chi connectivity index (χ4n) is 4.01. The zero-order valence-electron chi connectivity index (χ0n) is 18.2. The number of unbranched alkanes of at least 4 members (excludes halogenated alkanes) is 1. The number of nitrogens with one attached hydrogen (secondary N) is 1. The highest BCUT2D eigenvalue weighted by Gasteiger charge is 2.26. The minimum Gasteiger partial charge on any atom is -0.507 e. The molecule has 1 aliphatic rings. The lowest BCUT2D eigenvalue weighted by Gasteiger charge is -2.15. The average Bonchev–Trinajstić information content (AvgIpc) is 3.53. The first-order chi connectivity index (χ1) is 15.6. The van der Waals surface area contributed by atoms with Gasteiger partial charge in [0.15, 0.2) is 5.78 Å². The van der Waals surface area contributed by atoms with E-state index in [-0.39, 0.29) is 17.5 Å². The van der Waals surface area contributed by atoms with E-state index in [1.54, 1.807) is 19.1 Å². The number of aromatic amines is 1. The van der Waals surface area contributed by atoms with Gasteiger partial charge in [-0.2, -0.15) is 5.21 Å². The lowest BCUT2D eigenvalue weighted by molar-refractivity contribution is 0.0920. The highest BCUT2D eigenvalue weighted by Crippen LogP contribution is 2.35. The van der Waals surface area contributed by atoms with Crippen molar-refractivity contribution < 1.29 is 19.4 Å². The number of aromatic nitrogens is 4. The minimum absolute atomic E-state index is 0.0438. The lowest BCUT2D eigenvalue weighted by atomic mass is 9.94. The van der Waals surface area contributed by atoms with Crippen molar-refractivity contribution in [2.75, 3.05) is 13.2 Å². The topological polar surface area (TPSA) is 110 Å². The van der Waals surface area contributed by atoms with Crippen LogP contribution < -0.4 is 9.47 Å². The number of phenolic OH excluding ortho intramolecular Hbond substituents is 1. The number of tetrazole rings is 1. The van der Waals surface area contributed by atoms with Gasteiger partial charge in [-0.1, -0.05) is 12.8 Å². The summed E-state index contributed by atoms with van der Waals surface area (Å²) in [6.45, 7) is 2.87. The van der Waals surface area contributed by atoms with Gasteiger partial charge in [-0.15, -0.1) is 10.2 Å². The molecule has 1 saturated carbocycles. The average molecular weight is 437 g/mol. The molecule has 1 heterocycles. The van der Waals surface area contributed by atoms with Crippen LogP contribution in [-0.2, 0) is 0 Å². The Bertz CT molecular complexity index is 1030. The normalized spacial score (nSPS) is 13.9. The van der Waals surface area contributed by atoms with Gasteiger partial charge in [-0.05, 0) is 74.2 Å². The maximum Gasteiger partial charge on any atom is 0.204 e. The molecule has 1 fully saturated rings. The van der Waals surface area contributed by atoms with Gasteiger partial charge in [0.05, 0.1) is 18.8 Å². The first kappa shape index (κ1) is 21.8. The maximum atomic E-state index is 12.6. The second-order valence-corrected chi connectivity index (χ2v) is 8.09. The number of H-pyrrole nitrogens is 1. The molecule has 0 saturated heterocycles. The van der Waals surface area contributed by atoms with Crippen LogP contribution in [0, 0.1) is 12.8 Å².